The summed E-state index contributed by atoms with van der Waals surface area (Å²) < 4.78 is 23.4. The van der Waals surface area contributed by atoms with Gasteiger partial charge in [0.15, 0.2) is 9.84 Å². The average molecular weight is 338 g/mol. The van der Waals surface area contributed by atoms with E-state index in [9.17, 15) is 18.5 Å². The molecule has 0 bridgehead atoms. The Morgan fingerprint density at radius 3 is 2.61 bits per heavy atom. The van der Waals surface area contributed by atoms with Crippen LogP contribution in [-0.4, -0.2) is 32.2 Å². The maximum atomic E-state index is 11.7. The maximum absolute atomic E-state index is 11.7. The van der Waals surface area contributed by atoms with Crippen LogP contribution >= 0.6 is 0 Å². The van der Waals surface area contributed by atoms with Crippen LogP contribution in [0.3, 0.4) is 0 Å². The van der Waals surface area contributed by atoms with Crippen LogP contribution < -0.4 is 4.90 Å². The summed E-state index contributed by atoms with van der Waals surface area (Å²) in [5.41, 5.74) is 0.454. The molecule has 1 heterocycles. The monoisotopic (exact) mass is 338 g/mol. The number of rotatable bonds is 3. The van der Waals surface area contributed by atoms with Crippen LogP contribution in [0.2, 0.25) is 0 Å². The highest BCUT2D eigenvalue weighted by atomic mass is 32.2. The molecule has 1 saturated heterocycles. The van der Waals surface area contributed by atoms with Crippen molar-refractivity contribution < 1.29 is 13.3 Å². The van der Waals surface area contributed by atoms with Crippen LogP contribution in [0.15, 0.2) is 23.1 Å². The third kappa shape index (κ3) is 2.94. The van der Waals surface area contributed by atoms with Crippen LogP contribution in [0.25, 0.3) is 0 Å². The summed E-state index contributed by atoms with van der Waals surface area (Å²) in [4.78, 5) is 13.2. The molecule has 7 heteroatoms. The summed E-state index contributed by atoms with van der Waals surface area (Å²) in [6.45, 7) is 3.01. The first kappa shape index (κ1) is 16.2. The third-order valence-electron chi connectivity index (χ3n) is 5.28. The average Bonchev–Trinajstić information content (AvgIpc) is 2.83. The van der Waals surface area contributed by atoms with Crippen molar-refractivity contribution in [1.29, 1.82) is 0 Å². The molecule has 126 valence electrons. The second-order valence-electron chi connectivity index (χ2n) is 6.83. The summed E-state index contributed by atoms with van der Waals surface area (Å²) in [5, 5.41) is 11.5. The van der Waals surface area contributed by atoms with E-state index in [1.165, 1.54) is 25.0 Å². The number of nitro benzene ring substituents is 1. The molecule has 0 aromatic heterocycles. The predicted molar refractivity (Wildman–Crippen MR) is 88.5 cm³/mol. The molecule has 0 spiro atoms. The number of nitrogens with zero attached hydrogens (tertiary/aromatic N) is 2. The molecule has 1 aliphatic carbocycles. The molecular weight excluding hydrogens is 316 g/mol. The third-order valence-corrected chi connectivity index (χ3v) is 6.39. The van der Waals surface area contributed by atoms with E-state index < -0.39 is 14.8 Å². The van der Waals surface area contributed by atoms with E-state index in [1.807, 2.05) is 0 Å². The molecule has 2 aliphatic rings. The van der Waals surface area contributed by atoms with Gasteiger partial charge in [-0.3, -0.25) is 10.1 Å². The van der Waals surface area contributed by atoms with Crippen LogP contribution in [-0.2, 0) is 9.84 Å². The molecule has 0 radical (unpaired) electrons. The van der Waals surface area contributed by atoms with E-state index in [0.717, 1.165) is 25.6 Å². The van der Waals surface area contributed by atoms with Crippen LogP contribution in [0.4, 0.5) is 11.4 Å². The number of anilines is 1. The van der Waals surface area contributed by atoms with E-state index >= 15 is 0 Å². The van der Waals surface area contributed by atoms with Crippen molar-refractivity contribution in [2.75, 3.05) is 17.7 Å². The Bertz CT molecular complexity index is 732. The topological polar surface area (TPSA) is 80.5 Å². The lowest BCUT2D eigenvalue weighted by Gasteiger charge is -2.33. The van der Waals surface area contributed by atoms with Crippen molar-refractivity contribution in [3.8, 4) is 0 Å². The fourth-order valence-electron chi connectivity index (χ4n) is 4.17. The summed E-state index contributed by atoms with van der Waals surface area (Å²) in [6.07, 6.45) is 5.69. The van der Waals surface area contributed by atoms with Gasteiger partial charge in [-0.1, -0.05) is 19.8 Å². The standard InChI is InChI=1S/C16H22N2O4S/c1-11-10-17(14-6-4-3-5-13(11)14)15-8-7-12(23(2,21)22)9-16(15)18(19)20/h7-9,11,13-14H,3-6,10H2,1-2H3. The summed E-state index contributed by atoms with van der Waals surface area (Å²) in [5.74, 6) is 1.09. The Balaban J connectivity index is 2.04. The molecule has 1 aromatic rings. The Kier molecular flexibility index (Phi) is 4.08. The quantitative estimate of drug-likeness (QED) is 0.625. The van der Waals surface area contributed by atoms with E-state index in [4.69, 9.17) is 0 Å². The van der Waals surface area contributed by atoms with Crippen LogP contribution in [0.1, 0.15) is 32.6 Å². The molecule has 0 N–H and O–H groups in total. The minimum absolute atomic E-state index is 0.000361. The minimum atomic E-state index is -3.46. The highest BCUT2D eigenvalue weighted by Crippen LogP contribution is 2.44. The van der Waals surface area contributed by atoms with Crippen LogP contribution in [0.5, 0.6) is 0 Å². The number of nitro groups is 1. The van der Waals surface area contributed by atoms with Gasteiger partial charge in [0.1, 0.15) is 5.69 Å². The molecule has 0 amide bonds. The summed E-state index contributed by atoms with van der Waals surface area (Å²) in [7, 11) is -3.46. The highest BCUT2D eigenvalue weighted by Gasteiger charge is 2.42. The van der Waals surface area contributed by atoms with E-state index in [1.54, 1.807) is 6.07 Å². The highest BCUT2D eigenvalue weighted by molar-refractivity contribution is 7.90. The lowest BCUT2D eigenvalue weighted by Crippen LogP contribution is -2.35. The fourth-order valence-corrected chi connectivity index (χ4v) is 4.81. The second kappa shape index (κ2) is 5.78. The lowest BCUT2D eigenvalue weighted by atomic mass is 9.80. The van der Waals surface area contributed by atoms with Gasteiger partial charge < -0.3 is 4.90 Å². The van der Waals surface area contributed by atoms with Crippen molar-refractivity contribution in [3.05, 3.63) is 28.3 Å². The van der Waals surface area contributed by atoms with Gasteiger partial charge in [-0.05, 0) is 36.8 Å². The molecule has 3 rings (SSSR count). The number of hydrogen-bond acceptors (Lipinski definition) is 5. The second-order valence-corrected chi connectivity index (χ2v) is 8.84. The molecule has 1 aromatic carbocycles. The number of fused-ring (bicyclic) bond motifs is 1. The van der Waals surface area contributed by atoms with Gasteiger partial charge in [-0.25, -0.2) is 8.42 Å². The fraction of sp³-hybridized carbons (Fsp3) is 0.625. The molecule has 23 heavy (non-hydrogen) atoms. The predicted octanol–water partition coefficient (Wildman–Crippen LogP) is 3.01. The molecule has 6 nitrogen and oxygen atoms in total. The minimum Gasteiger partial charge on any atom is -0.362 e. The molecule has 1 saturated carbocycles. The normalized spacial score (nSPS) is 27.7. The van der Waals surface area contributed by atoms with E-state index in [2.05, 4.69) is 11.8 Å². The lowest BCUT2D eigenvalue weighted by molar-refractivity contribution is -0.384. The van der Waals surface area contributed by atoms with Gasteiger partial charge in [0.25, 0.3) is 5.69 Å². The maximum Gasteiger partial charge on any atom is 0.293 e. The van der Waals surface area contributed by atoms with Gasteiger partial charge in [0.05, 0.1) is 9.82 Å². The van der Waals surface area contributed by atoms with Crippen LogP contribution in [0, 0.1) is 22.0 Å². The molecule has 3 unspecified atom stereocenters. The van der Waals surface area contributed by atoms with Gasteiger partial charge in [-0.15, -0.1) is 0 Å². The zero-order valence-electron chi connectivity index (χ0n) is 13.4. The zero-order valence-corrected chi connectivity index (χ0v) is 14.3. The Morgan fingerprint density at radius 2 is 1.96 bits per heavy atom. The van der Waals surface area contributed by atoms with Gasteiger partial charge >= 0.3 is 0 Å². The molecule has 3 atom stereocenters. The first-order valence-electron chi connectivity index (χ1n) is 8.04. The Labute approximate surface area is 136 Å². The van der Waals surface area contributed by atoms with E-state index in [0.29, 0.717) is 23.6 Å². The van der Waals surface area contributed by atoms with E-state index in [-0.39, 0.29) is 10.6 Å². The summed E-state index contributed by atoms with van der Waals surface area (Å²) in [6, 6.07) is 4.63. The SMILES string of the molecule is CC1CN(c2ccc(S(C)(=O)=O)cc2[N+](=O)[O-])C2CCCCC12. The number of hydrogen-bond donors (Lipinski definition) is 0. The smallest absolute Gasteiger partial charge is 0.293 e. The van der Waals surface area contributed by atoms with Crippen molar-refractivity contribution in [2.24, 2.45) is 11.8 Å². The molecule has 2 fully saturated rings. The first-order chi connectivity index (χ1) is 10.8. The Morgan fingerprint density at radius 1 is 1.26 bits per heavy atom. The first-order valence-corrected chi connectivity index (χ1v) is 9.93. The van der Waals surface area contributed by atoms with Gasteiger partial charge in [-0.2, -0.15) is 0 Å². The van der Waals surface area contributed by atoms with Gasteiger partial charge in [0.2, 0.25) is 0 Å². The number of benzene rings is 1. The number of sulfone groups is 1. The molecule has 1 aliphatic heterocycles. The van der Waals surface area contributed by atoms with Crippen molar-refractivity contribution in [3.63, 3.8) is 0 Å². The largest absolute Gasteiger partial charge is 0.362 e. The molecular formula is C16H22N2O4S. The zero-order chi connectivity index (χ0) is 16.8. The summed E-state index contributed by atoms with van der Waals surface area (Å²) >= 11 is 0. The van der Waals surface area contributed by atoms with Crippen molar-refractivity contribution in [1.82, 2.24) is 0 Å². The van der Waals surface area contributed by atoms with Crippen molar-refractivity contribution in [2.45, 2.75) is 43.5 Å². The van der Waals surface area contributed by atoms with Gasteiger partial charge in [0, 0.05) is 24.9 Å². The van der Waals surface area contributed by atoms with Crippen molar-refractivity contribution >= 4 is 21.2 Å². The Hall–Kier alpha value is -1.63.